The zero-order valence-electron chi connectivity index (χ0n) is 6.70. The van der Waals surface area contributed by atoms with E-state index in [0.29, 0.717) is 6.42 Å². The lowest BCUT2D eigenvalue weighted by Crippen LogP contribution is -1.97. The minimum Gasteiger partial charge on any atom is -0.247 e. The molecular weight excluding hydrogens is 167 g/mol. The van der Waals surface area contributed by atoms with E-state index in [4.69, 9.17) is 0 Å². The Morgan fingerprint density at radius 1 is 1.55 bits per heavy atom. The minimum atomic E-state index is -2.23. The molecule has 0 fully saturated rings. The Balaban J connectivity index is 3.44. The van der Waals surface area contributed by atoms with E-state index in [-0.39, 0.29) is 0 Å². The van der Waals surface area contributed by atoms with Crippen molar-refractivity contribution in [2.24, 2.45) is 0 Å². The third kappa shape index (κ3) is 5.95. The molecule has 0 radical (unpaired) electrons. The molecule has 0 aliphatic heterocycles. The summed E-state index contributed by atoms with van der Waals surface area (Å²) in [7, 11) is -1.01. The van der Waals surface area contributed by atoms with Crippen LogP contribution in [0, 0.1) is 0 Å². The van der Waals surface area contributed by atoms with Gasteiger partial charge in [0.1, 0.15) is 0 Å². The first-order valence-corrected chi connectivity index (χ1v) is 4.52. The van der Waals surface area contributed by atoms with Crippen molar-refractivity contribution >= 4 is 14.2 Å². The monoisotopic (exact) mass is 179 g/mol. The first-order valence-electron chi connectivity index (χ1n) is 3.42. The summed E-state index contributed by atoms with van der Waals surface area (Å²) in [6, 6.07) is 0. The van der Waals surface area contributed by atoms with E-state index in [2.05, 4.69) is 9.05 Å². The van der Waals surface area contributed by atoms with Crippen LogP contribution in [0.1, 0.15) is 26.2 Å². The Kier molecular flexibility index (Phi) is 5.99. The molecule has 0 rings (SSSR count). The predicted molar refractivity (Wildman–Crippen MR) is 40.2 cm³/mol. The second-order valence-electron chi connectivity index (χ2n) is 1.97. The summed E-state index contributed by atoms with van der Waals surface area (Å²) in [6.07, 6.45) is 1.98. The number of hydrogen-bond donors (Lipinski definition) is 0. The second kappa shape index (κ2) is 6.25. The van der Waals surface area contributed by atoms with Crippen molar-refractivity contribution in [3.63, 3.8) is 0 Å². The van der Waals surface area contributed by atoms with Crippen LogP contribution in [0.25, 0.3) is 0 Å². The smallest absolute Gasteiger partial charge is 0.247 e. The molecule has 1 unspecified atom stereocenters. The van der Waals surface area contributed by atoms with Gasteiger partial charge in [-0.05, 0) is 6.42 Å². The fourth-order valence-electron chi connectivity index (χ4n) is 0.487. The Morgan fingerprint density at radius 2 is 2.18 bits per heavy atom. The van der Waals surface area contributed by atoms with Crippen molar-refractivity contribution in [1.82, 2.24) is 0 Å². The number of carbonyl (C=O) groups is 1. The third-order valence-corrected chi connectivity index (χ3v) is 1.71. The molecule has 0 aromatic rings. The van der Waals surface area contributed by atoms with Crippen molar-refractivity contribution in [3.05, 3.63) is 0 Å². The Labute approximate surface area is 66.8 Å². The predicted octanol–water partition coefficient (Wildman–Crippen LogP) is 2.02. The van der Waals surface area contributed by atoms with Gasteiger partial charge in [0.15, 0.2) is 0 Å². The van der Waals surface area contributed by atoms with Crippen molar-refractivity contribution in [3.8, 4) is 0 Å². The summed E-state index contributed by atoms with van der Waals surface area (Å²) in [5.74, 6) is -0.463. The number of carbonyl (C=O) groups excluding carboxylic acids is 1. The molecule has 0 saturated carbocycles. The minimum absolute atomic E-state index is 0.306. The zero-order valence-corrected chi connectivity index (χ0v) is 7.60. The van der Waals surface area contributed by atoms with E-state index in [1.54, 1.807) is 0 Å². The maximum absolute atomic E-state index is 10.7. The molecule has 0 saturated heterocycles. The molecular formula is C6H12O4P+. The lowest BCUT2D eigenvalue weighted by Gasteiger charge is -1.88. The van der Waals surface area contributed by atoms with Gasteiger partial charge in [-0.2, -0.15) is 4.52 Å². The van der Waals surface area contributed by atoms with Crippen molar-refractivity contribution in [1.29, 1.82) is 0 Å². The first-order chi connectivity index (χ1) is 5.20. The SMILES string of the molecule is CCCCC(=O)O[P+](=O)OC. The standard InChI is InChI=1S/C6H12O4P/c1-3-4-5-6(7)10-11(8)9-2/h3-5H2,1-2H3/q+1. The van der Waals surface area contributed by atoms with Gasteiger partial charge in [-0.3, -0.25) is 0 Å². The van der Waals surface area contributed by atoms with Gasteiger partial charge in [-0.1, -0.05) is 13.3 Å². The molecule has 0 heterocycles. The quantitative estimate of drug-likeness (QED) is 0.606. The van der Waals surface area contributed by atoms with Crippen LogP contribution < -0.4 is 0 Å². The maximum Gasteiger partial charge on any atom is 0.752 e. The van der Waals surface area contributed by atoms with Crippen LogP contribution in [0.5, 0.6) is 0 Å². The topological polar surface area (TPSA) is 52.6 Å². The fourth-order valence-corrected chi connectivity index (χ4v) is 0.819. The molecule has 11 heavy (non-hydrogen) atoms. The summed E-state index contributed by atoms with van der Waals surface area (Å²) in [4.78, 5) is 10.7. The number of unbranched alkanes of at least 4 members (excludes halogenated alkanes) is 1. The molecule has 0 spiro atoms. The van der Waals surface area contributed by atoms with Gasteiger partial charge in [0.2, 0.25) is 0 Å². The number of hydrogen-bond acceptors (Lipinski definition) is 4. The molecule has 0 N–H and O–H groups in total. The van der Waals surface area contributed by atoms with Crippen LogP contribution in [0.4, 0.5) is 0 Å². The highest BCUT2D eigenvalue weighted by molar-refractivity contribution is 7.34. The van der Waals surface area contributed by atoms with E-state index in [1.165, 1.54) is 7.11 Å². The van der Waals surface area contributed by atoms with Gasteiger partial charge in [0.05, 0.1) is 13.5 Å². The Bertz CT molecular complexity index is 146. The van der Waals surface area contributed by atoms with Gasteiger partial charge in [0.25, 0.3) is 0 Å². The maximum atomic E-state index is 10.7. The van der Waals surface area contributed by atoms with Crippen LogP contribution in [0.2, 0.25) is 0 Å². The van der Waals surface area contributed by atoms with Crippen molar-refractivity contribution < 1.29 is 18.4 Å². The summed E-state index contributed by atoms with van der Waals surface area (Å²) < 4.78 is 19.1. The third-order valence-electron chi connectivity index (χ3n) is 1.06. The average Bonchev–Trinajstić information content (AvgIpc) is 2.00. The molecule has 0 aliphatic carbocycles. The van der Waals surface area contributed by atoms with Crippen LogP contribution >= 0.6 is 8.25 Å². The summed E-state index contributed by atoms with van der Waals surface area (Å²) >= 11 is 0. The van der Waals surface area contributed by atoms with E-state index in [0.717, 1.165) is 12.8 Å². The lowest BCUT2D eigenvalue weighted by atomic mass is 10.3. The highest BCUT2D eigenvalue weighted by Crippen LogP contribution is 2.22. The molecule has 0 aromatic carbocycles. The Morgan fingerprint density at radius 3 is 2.64 bits per heavy atom. The highest BCUT2D eigenvalue weighted by atomic mass is 31.1. The molecule has 0 amide bonds. The van der Waals surface area contributed by atoms with Gasteiger partial charge in [0, 0.05) is 4.57 Å². The highest BCUT2D eigenvalue weighted by Gasteiger charge is 2.22. The van der Waals surface area contributed by atoms with Gasteiger partial charge in [-0.15, -0.1) is 4.52 Å². The van der Waals surface area contributed by atoms with Crippen molar-refractivity contribution in [2.45, 2.75) is 26.2 Å². The molecule has 1 atom stereocenters. The number of rotatable bonds is 5. The largest absolute Gasteiger partial charge is 0.752 e. The zero-order chi connectivity index (χ0) is 8.69. The molecule has 0 aromatic heterocycles. The molecule has 0 bridgehead atoms. The summed E-state index contributed by atoms with van der Waals surface area (Å²) in [5.41, 5.74) is 0. The normalized spacial score (nSPS) is 10.9. The van der Waals surface area contributed by atoms with Gasteiger partial charge >= 0.3 is 14.2 Å². The molecule has 0 aliphatic rings. The molecule has 64 valence electrons. The summed E-state index contributed by atoms with van der Waals surface area (Å²) in [6.45, 7) is 1.96. The van der Waals surface area contributed by atoms with E-state index in [1.807, 2.05) is 6.92 Å². The lowest BCUT2D eigenvalue weighted by molar-refractivity contribution is -0.134. The van der Waals surface area contributed by atoms with Crippen LogP contribution in [-0.2, 0) is 18.4 Å². The van der Waals surface area contributed by atoms with Crippen molar-refractivity contribution in [2.75, 3.05) is 7.11 Å². The molecule has 5 heteroatoms. The van der Waals surface area contributed by atoms with Crippen LogP contribution in [0.15, 0.2) is 0 Å². The van der Waals surface area contributed by atoms with Gasteiger partial charge < -0.3 is 0 Å². The van der Waals surface area contributed by atoms with Crippen LogP contribution in [0.3, 0.4) is 0 Å². The first kappa shape index (κ1) is 10.5. The van der Waals surface area contributed by atoms with Gasteiger partial charge in [-0.25, -0.2) is 4.79 Å². The Hall–Kier alpha value is -0.470. The second-order valence-corrected chi connectivity index (χ2v) is 2.97. The van der Waals surface area contributed by atoms with E-state index in [9.17, 15) is 9.36 Å². The average molecular weight is 179 g/mol. The molecule has 4 nitrogen and oxygen atoms in total. The fraction of sp³-hybridized carbons (Fsp3) is 0.833. The van der Waals surface area contributed by atoms with E-state index < -0.39 is 14.2 Å². The summed E-state index contributed by atoms with van der Waals surface area (Å²) in [5, 5.41) is 0. The van der Waals surface area contributed by atoms with E-state index >= 15 is 0 Å². The van der Waals surface area contributed by atoms with Crippen LogP contribution in [-0.4, -0.2) is 13.1 Å².